The van der Waals surface area contributed by atoms with Gasteiger partial charge in [0.1, 0.15) is 12.2 Å². The van der Waals surface area contributed by atoms with Gasteiger partial charge in [-0.3, -0.25) is 4.79 Å². The molecule has 0 saturated heterocycles. The van der Waals surface area contributed by atoms with Gasteiger partial charge in [-0.15, -0.1) is 16.7 Å². The molecule has 0 aliphatic rings. The van der Waals surface area contributed by atoms with Gasteiger partial charge in [0.25, 0.3) is 0 Å². The molecule has 0 aliphatic heterocycles. The molecule has 0 bridgehead atoms. The first-order chi connectivity index (χ1) is 5.83. The van der Waals surface area contributed by atoms with E-state index in [0.29, 0.717) is 13.1 Å². The standard InChI is InChI=1S/C5H8ClN5O/c6-3-5(12)7-1-2-11-4-8-9-10-11/h4H,1-3H2,(H,7,12). The van der Waals surface area contributed by atoms with Crippen molar-refractivity contribution in [2.45, 2.75) is 6.54 Å². The number of rotatable bonds is 4. The maximum Gasteiger partial charge on any atom is 0.234 e. The van der Waals surface area contributed by atoms with Crippen molar-refractivity contribution in [2.75, 3.05) is 12.4 Å². The van der Waals surface area contributed by atoms with Gasteiger partial charge >= 0.3 is 0 Å². The molecule has 0 spiro atoms. The number of carbonyl (C=O) groups excluding carboxylic acids is 1. The topological polar surface area (TPSA) is 72.7 Å². The zero-order chi connectivity index (χ0) is 8.81. The van der Waals surface area contributed by atoms with E-state index in [9.17, 15) is 4.79 Å². The summed E-state index contributed by atoms with van der Waals surface area (Å²) in [6.07, 6.45) is 1.48. The van der Waals surface area contributed by atoms with Crippen LogP contribution in [-0.2, 0) is 11.3 Å². The molecule has 0 atom stereocenters. The Morgan fingerprint density at radius 3 is 3.08 bits per heavy atom. The average molecular weight is 190 g/mol. The second-order valence-electron chi connectivity index (χ2n) is 2.06. The van der Waals surface area contributed by atoms with Crippen molar-refractivity contribution in [1.29, 1.82) is 0 Å². The normalized spacial score (nSPS) is 9.75. The van der Waals surface area contributed by atoms with Crippen LogP contribution in [0.2, 0.25) is 0 Å². The number of hydrogen-bond donors (Lipinski definition) is 1. The fourth-order valence-corrected chi connectivity index (χ4v) is 0.734. The predicted octanol–water partition coefficient (Wildman–Crippen LogP) is -0.972. The average Bonchev–Trinajstić information content (AvgIpc) is 2.57. The largest absolute Gasteiger partial charge is 0.353 e. The summed E-state index contributed by atoms with van der Waals surface area (Å²) in [4.78, 5) is 10.6. The van der Waals surface area contributed by atoms with E-state index in [1.54, 1.807) is 0 Å². The van der Waals surface area contributed by atoms with Crippen LogP contribution in [0.25, 0.3) is 0 Å². The van der Waals surface area contributed by atoms with Gasteiger partial charge in [-0.1, -0.05) is 0 Å². The highest BCUT2D eigenvalue weighted by Crippen LogP contribution is 1.77. The Bertz CT molecular complexity index is 236. The number of amides is 1. The zero-order valence-corrected chi connectivity index (χ0v) is 7.03. The number of hydrogen-bond acceptors (Lipinski definition) is 4. The molecule has 7 heteroatoms. The van der Waals surface area contributed by atoms with Crippen LogP contribution in [0, 0.1) is 0 Å². The highest BCUT2D eigenvalue weighted by atomic mass is 35.5. The monoisotopic (exact) mass is 189 g/mol. The van der Waals surface area contributed by atoms with Gasteiger partial charge in [0.2, 0.25) is 5.91 Å². The van der Waals surface area contributed by atoms with Gasteiger partial charge in [-0.25, -0.2) is 4.68 Å². The maximum absolute atomic E-state index is 10.6. The SMILES string of the molecule is O=C(CCl)NCCn1cnnn1. The Morgan fingerprint density at radius 1 is 1.67 bits per heavy atom. The molecule has 0 radical (unpaired) electrons. The first-order valence-corrected chi connectivity index (χ1v) is 3.90. The van der Waals surface area contributed by atoms with Crippen molar-refractivity contribution in [1.82, 2.24) is 25.5 Å². The summed E-state index contributed by atoms with van der Waals surface area (Å²) in [5.74, 6) is -0.208. The van der Waals surface area contributed by atoms with Crippen LogP contribution < -0.4 is 5.32 Å². The summed E-state index contributed by atoms with van der Waals surface area (Å²) in [6, 6.07) is 0. The Morgan fingerprint density at radius 2 is 2.50 bits per heavy atom. The minimum absolute atomic E-state index is 0.0182. The van der Waals surface area contributed by atoms with Crippen LogP contribution >= 0.6 is 11.6 Å². The zero-order valence-electron chi connectivity index (χ0n) is 6.27. The first kappa shape index (κ1) is 8.92. The van der Waals surface area contributed by atoms with E-state index in [1.807, 2.05) is 0 Å². The highest BCUT2D eigenvalue weighted by Gasteiger charge is 1.97. The Kier molecular flexibility index (Phi) is 3.46. The van der Waals surface area contributed by atoms with Crippen molar-refractivity contribution in [3.8, 4) is 0 Å². The highest BCUT2D eigenvalue weighted by molar-refractivity contribution is 6.27. The summed E-state index contributed by atoms with van der Waals surface area (Å²) < 4.78 is 1.52. The van der Waals surface area contributed by atoms with E-state index in [2.05, 4.69) is 20.8 Å². The summed E-state index contributed by atoms with van der Waals surface area (Å²) in [6.45, 7) is 1.03. The van der Waals surface area contributed by atoms with Crippen LogP contribution in [0.4, 0.5) is 0 Å². The third-order valence-electron chi connectivity index (χ3n) is 1.18. The molecule has 12 heavy (non-hydrogen) atoms. The van der Waals surface area contributed by atoms with E-state index in [-0.39, 0.29) is 11.8 Å². The molecule has 6 nitrogen and oxygen atoms in total. The number of tetrazole rings is 1. The molecule has 0 aliphatic carbocycles. The van der Waals surface area contributed by atoms with E-state index in [4.69, 9.17) is 11.6 Å². The second-order valence-corrected chi connectivity index (χ2v) is 2.32. The molecule has 1 N–H and O–H groups in total. The Balaban J connectivity index is 2.15. The minimum Gasteiger partial charge on any atom is -0.353 e. The van der Waals surface area contributed by atoms with E-state index in [0.717, 1.165) is 0 Å². The van der Waals surface area contributed by atoms with E-state index in [1.165, 1.54) is 11.0 Å². The predicted molar refractivity (Wildman–Crippen MR) is 41.5 cm³/mol. The molecule has 1 aromatic rings. The van der Waals surface area contributed by atoms with Crippen LogP contribution in [0.5, 0.6) is 0 Å². The van der Waals surface area contributed by atoms with Crippen LogP contribution in [-0.4, -0.2) is 38.5 Å². The number of alkyl halides is 1. The van der Waals surface area contributed by atoms with Gasteiger partial charge in [-0.2, -0.15) is 0 Å². The van der Waals surface area contributed by atoms with Crippen molar-refractivity contribution in [2.24, 2.45) is 0 Å². The van der Waals surface area contributed by atoms with Crippen LogP contribution in [0.15, 0.2) is 6.33 Å². The molecule has 0 unspecified atom stereocenters. The maximum atomic E-state index is 10.6. The second kappa shape index (κ2) is 4.66. The number of carbonyl (C=O) groups is 1. The molecule has 1 rings (SSSR count). The molecule has 66 valence electrons. The van der Waals surface area contributed by atoms with Crippen molar-refractivity contribution in [3.63, 3.8) is 0 Å². The summed E-state index contributed by atoms with van der Waals surface area (Å²) in [5.41, 5.74) is 0. The van der Waals surface area contributed by atoms with E-state index >= 15 is 0 Å². The third-order valence-corrected chi connectivity index (χ3v) is 1.42. The summed E-state index contributed by atoms with van der Waals surface area (Å²) in [5, 5.41) is 13.1. The molecular formula is C5H8ClN5O. The number of nitrogens with zero attached hydrogens (tertiary/aromatic N) is 4. The summed E-state index contributed by atoms with van der Waals surface area (Å²) in [7, 11) is 0. The molecular weight excluding hydrogens is 182 g/mol. The molecule has 0 saturated carbocycles. The lowest BCUT2D eigenvalue weighted by Gasteiger charge is -2.00. The Hall–Kier alpha value is -1.17. The molecule has 1 aromatic heterocycles. The van der Waals surface area contributed by atoms with Crippen molar-refractivity contribution in [3.05, 3.63) is 6.33 Å². The van der Waals surface area contributed by atoms with Crippen molar-refractivity contribution >= 4 is 17.5 Å². The minimum atomic E-state index is -0.190. The number of aromatic nitrogens is 4. The number of nitrogens with one attached hydrogen (secondary N) is 1. The number of halogens is 1. The third kappa shape index (κ3) is 2.83. The molecule has 1 amide bonds. The van der Waals surface area contributed by atoms with Gasteiger partial charge in [0, 0.05) is 6.54 Å². The summed E-state index contributed by atoms with van der Waals surface area (Å²) >= 11 is 5.25. The van der Waals surface area contributed by atoms with Gasteiger partial charge in [0.05, 0.1) is 6.54 Å². The quantitative estimate of drug-likeness (QED) is 0.619. The lowest BCUT2D eigenvalue weighted by molar-refractivity contribution is -0.118. The van der Waals surface area contributed by atoms with Crippen LogP contribution in [0.1, 0.15) is 0 Å². The van der Waals surface area contributed by atoms with Crippen molar-refractivity contribution < 1.29 is 4.79 Å². The van der Waals surface area contributed by atoms with Gasteiger partial charge in [0.15, 0.2) is 0 Å². The van der Waals surface area contributed by atoms with Gasteiger partial charge < -0.3 is 5.32 Å². The molecule has 0 aromatic carbocycles. The Labute approximate surface area is 73.9 Å². The fraction of sp³-hybridized carbons (Fsp3) is 0.600. The lowest BCUT2D eigenvalue weighted by atomic mass is 10.6. The smallest absolute Gasteiger partial charge is 0.234 e. The first-order valence-electron chi connectivity index (χ1n) is 3.36. The molecule has 0 fully saturated rings. The van der Waals surface area contributed by atoms with E-state index < -0.39 is 0 Å². The fourth-order valence-electron chi connectivity index (χ4n) is 0.640. The lowest BCUT2D eigenvalue weighted by Crippen LogP contribution is -2.28. The van der Waals surface area contributed by atoms with Crippen LogP contribution in [0.3, 0.4) is 0 Å². The van der Waals surface area contributed by atoms with Gasteiger partial charge in [-0.05, 0) is 10.4 Å². The molecule has 1 heterocycles.